The van der Waals surface area contributed by atoms with Gasteiger partial charge in [0.2, 0.25) is 10.0 Å². The van der Waals surface area contributed by atoms with E-state index in [2.05, 4.69) is 4.72 Å². The van der Waals surface area contributed by atoms with Crippen LogP contribution in [0.25, 0.3) is 0 Å². The first-order chi connectivity index (χ1) is 7.33. The molecule has 0 bridgehead atoms. The number of carboxylic acids is 1. The quantitative estimate of drug-likeness (QED) is 0.817. The Balaban J connectivity index is 2.99. The molecule has 88 valence electrons. The summed E-state index contributed by atoms with van der Waals surface area (Å²) >= 11 is 0. The molecule has 6 heteroatoms. The normalized spacial score (nSPS) is 13.4. The molecular formula is C10H13NO4S. The van der Waals surface area contributed by atoms with Gasteiger partial charge in [-0.3, -0.25) is 4.79 Å². The monoisotopic (exact) mass is 243 g/mol. The van der Waals surface area contributed by atoms with E-state index in [1.165, 1.54) is 19.1 Å². The second kappa shape index (κ2) is 4.63. The summed E-state index contributed by atoms with van der Waals surface area (Å²) in [6, 6.07) is 5.13. The molecule has 1 aromatic rings. The molecule has 1 rings (SSSR count). The van der Waals surface area contributed by atoms with Crippen LogP contribution in [0.1, 0.15) is 12.5 Å². The molecule has 0 aliphatic carbocycles. The van der Waals surface area contributed by atoms with Gasteiger partial charge in [-0.25, -0.2) is 8.42 Å². The van der Waals surface area contributed by atoms with E-state index in [-0.39, 0.29) is 4.90 Å². The zero-order valence-corrected chi connectivity index (χ0v) is 9.78. The summed E-state index contributed by atoms with van der Waals surface area (Å²) in [7, 11) is -3.76. The van der Waals surface area contributed by atoms with Crippen LogP contribution in [0.2, 0.25) is 0 Å². The molecule has 16 heavy (non-hydrogen) atoms. The molecule has 0 heterocycles. The maximum absolute atomic E-state index is 11.7. The molecule has 2 N–H and O–H groups in total. The molecule has 1 aromatic carbocycles. The van der Waals surface area contributed by atoms with Crippen LogP contribution < -0.4 is 4.72 Å². The lowest BCUT2D eigenvalue weighted by Crippen LogP contribution is -2.38. The lowest BCUT2D eigenvalue weighted by Gasteiger charge is -2.10. The third kappa shape index (κ3) is 3.04. The minimum Gasteiger partial charge on any atom is -0.480 e. The summed E-state index contributed by atoms with van der Waals surface area (Å²) < 4.78 is 25.5. The molecule has 0 aliphatic rings. The van der Waals surface area contributed by atoms with E-state index in [4.69, 9.17) is 5.11 Å². The number of carboxylic acid groups (broad SMARTS) is 1. The Bertz CT molecular complexity index is 495. The minimum absolute atomic E-state index is 0.0700. The van der Waals surface area contributed by atoms with Crippen molar-refractivity contribution in [2.75, 3.05) is 0 Å². The Morgan fingerprint density at radius 1 is 1.44 bits per heavy atom. The van der Waals surface area contributed by atoms with Crippen molar-refractivity contribution in [1.29, 1.82) is 0 Å². The molecule has 5 nitrogen and oxygen atoms in total. The van der Waals surface area contributed by atoms with Crippen molar-refractivity contribution in [2.24, 2.45) is 0 Å². The zero-order valence-electron chi connectivity index (χ0n) is 8.97. The highest BCUT2D eigenvalue weighted by Gasteiger charge is 2.21. The smallest absolute Gasteiger partial charge is 0.321 e. The summed E-state index contributed by atoms with van der Waals surface area (Å²) in [6.45, 7) is 3.04. The van der Waals surface area contributed by atoms with Crippen LogP contribution in [-0.2, 0) is 14.8 Å². The summed E-state index contributed by atoms with van der Waals surface area (Å²) in [4.78, 5) is 10.6. The second-order valence-corrected chi connectivity index (χ2v) is 5.21. The summed E-state index contributed by atoms with van der Waals surface area (Å²) in [5.41, 5.74) is 0.797. The van der Waals surface area contributed by atoms with Gasteiger partial charge in [0.1, 0.15) is 6.04 Å². The highest BCUT2D eigenvalue weighted by molar-refractivity contribution is 7.89. The molecule has 0 aliphatic heterocycles. The van der Waals surface area contributed by atoms with Gasteiger partial charge < -0.3 is 5.11 Å². The number of rotatable bonds is 4. The molecule has 0 amide bonds. The Morgan fingerprint density at radius 3 is 2.56 bits per heavy atom. The molecular weight excluding hydrogens is 230 g/mol. The summed E-state index contributed by atoms with van der Waals surface area (Å²) in [5.74, 6) is -1.21. The fourth-order valence-electron chi connectivity index (χ4n) is 1.13. The van der Waals surface area contributed by atoms with Crippen LogP contribution in [0.15, 0.2) is 29.2 Å². The first-order valence-corrected chi connectivity index (χ1v) is 6.13. The molecule has 0 radical (unpaired) electrons. The topological polar surface area (TPSA) is 83.5 Å². The van der Waals surface area contributed by atoms with E-state index in [0.29, 0.717) is 0 Å². The van der Waals surface area contributed by atoms with E-state index in [1.807, 2.05) is 0 Å². The first kappa shape index (κ1) is 12.7. The van der Waals surface area contributed by atoms with Crippen molar-refractivity contribution in [3.63, 3.8) is 0 Å². The number of carbonyl (C=O) groups is 1. The zero-order chi connectivity index (χ0) is 12.3. The largest absolute Gasteiger partial charge is 0.480 e. The fraction of sp³-hybridized carbons (Fsp3) is 0.300. The fourth-order valence-corrected chi connectivity index (χ4v) is 2.43. The molecule has 0 saturated carbocycles. The standard InChI is InChI=1S/C10H13NO4S/c1-7-4-3-5-9(6-7)16(14,15)11-8(2)10(12)13/h3-6,8,11H,1-2H3,(H,12,13). The lowest BCUT2D eigenvalue weighted by atomic mass is 10.2. The highest BCUT2D eigenvalue weighted by atomic mass is 32.2. The van der Waals surface area contributed by atoms with E-state index in [1.54, 1.807) is 19.1 Å². The predicted molar refractivity (Wildman–Crippen MR) is 58.6 cm³/mol. The van der Waals surface area contributed by atoms with Gasteiger partial charge in [0.05, 0.1) is 4.90 Å². The van der Waals surface area contributed by atoms with Crippen LogP contribution in [0.5, 0.6) is 0 Å². The van der Waals surface area contributed by atoms with Crippen LogP contribution in [0.3, 0.4) is 0 Å². The van der Waals surface area contributed by atoms with Crippen LogP contribution in [0.4, 0.5) is 0 Å². The summed E-state index contributed by atoms with van der Waals surface area (Å²) in [6.07, 6.45) is 0. The van der Waals surface area contributed by atoms with Crippen molar-refractivity contribution in [1.82, 2.24) is 4.72 Å². The Labute approximate surface area is 94.2 Å². The van der Waals surface area contributed by atoms with E-state index in [0.717, 1.165) is 5.56 Å². The minimum atomic E-state index is -3.76. The number of sulfonamides is 1. The van der Waals surface area contributed by atoms with Crippen LogP contribution >= 0.6 is 0 Å². The predicted octanol–water partition coefficient (Wildman–Crippen LogP) is 0.746. The SMILES string of the molecule is Cc1cccc(S(=O)(=O)NC(C)C(=O)O)c1. The first-order valence-electron chi connectivity index (χ1n) is 4.65. The highest BCUT2D eigenvalue weighted by Crippen LogP contribution is 2.11. The number of aliphatic carboxylic acids is 1. The third-order valence-electron chi connectivity index (χ3n) is 2.00. The van der Waals surface area contributed by atoms with Crippen molar-refractivity contribution < 1.29 is 18.3 Å². The van der Waals surface area contributed by atoms with Crippen molar-refractivity contribution in [3.8, 4) is 0 Å². The van der Waals surface area contributed by atoms with Crippen molar-refractivity contribution >= 4 is 16.0 Å². The van der Waals surface area contributed by atoms with Crippen molar-refractivity contribution in [2.45, 2.75) is 24.8 Å². The number of hydrogen-bond acceptors (Lipinski definition) is 3. The van der Waals surface area contributed by atoms with E-state index < -0.39 is 22.0 Å². The van der Waals surface area contributed by atoms with Gasteiger partial charge in [-0.05, 0) is 31.5 Å². The lowest BCUT2D eigenvalue weighted by molar-refractivity contribution is -0.138. The average Bonchev–Trinajstić information content (AvgIpc) is 2.17. The Hall–Kier alpha value is -1.40. The third-order valence-corrected chi connectivity index (χ3v) is 3.54. The molecule has 1 atom stereocenters. The van der Waals surface area contributed by atoms with Gasteiger partial charge in [-0.1, -0.05) is 12.1 Å². The number of nitrogens with one attached hydrogen (secondary N) is 1. The van der Waals surface area contributed by atoms with Crippen LogP contribution in [0, 0.1) is 6.92 Å². The molecule has 0 spiro atoms. The van der Waals surface area contributed by atoms with Gasteiger partial charge in [-0.15, -0.1) is 0 Å². The molecule has 1 unspecified atom stereocenters. The summed E-state index contributed by atoms with van der Waals surface area (Å²) in [5, 5.41) is 8.62. The van der Waals surface area contributed by atoms with Crippen molar-refractivity contribution in [3.05, 3.63) is 29.8 Å². The molecule has 0 saturated heterocycles. The van der Waals surface area contributed by atoms with Gasteiger partial charge in [-0.2, -0.15) is 4.72 Å². The maximum atomic E-state index is 11.7. The Kier molecular flexibility index (Phi) is 3.66. The van der Waals surface area contributed by atoms with Gasteiger partial charge in [0.15, 0.2) is 0 Å². The van der Waals surface area contributed by atoms with Gasteiger partial charge in [0.25, 0.3) is 0 Å². The number of benzene rings is 1. The average molecular weight is 243 g/mol. The number of hydrogen-bond donors (Lipinski definition) is 2. The van der Waals surface area contributed by atoms with Gasteiger partial charge >= 0.3 is 5.97 Å². The van der Waals surface area contributed by atoms with E-state index >= 15 is 0 Å². The number of aryl methyl sites for hydroxylation is 1. The van der Waals surface area contributed by atoms with E-state index in [9.17, 15) is 13.2 Å². The Morgan fingerprint density at radius 2 is 2.06 bits per heavy atom. The van der Waals surface area contributed by atoms with Crippen LogP contribution in [-0.4, -0.2) is 25.5 Å². The maximum Gasteiger partial charge on any atom is 0.321 e. The molecule has 0 fully saturated rings. The molecule has 0 aromatic heterocycles. The van der Waals surface area contributed by atoms with Gasteiger partial charge in [0, 0.05) is 0 Å². The second-order valence-electron chi connectivity index (χ2n) is 3.50.